The zero-order valence-corrected chi connectivity index (χ0v) is 14.5. The van der Waals surface area contributed by atoms with Crippen LogP contribution in [0.3, 0.4) is 0 Å². The van der Waals surface area contributed by atoms with Crippen molar-refractivity contribution >= 4 is 5.91 Å². The van der Waals surface area contributed by atoms with Gasteiger partial charge >= 0.3 is 0 Å². The summed E-state index contributed by atoms with van der Waals surface area (Å²) in [5, 5.41) is 3.34. The molecule has 0 aromatic rings. The minimum absolute atomic E-state index is 0.129. The molecule has 3 atom stereocenters. The van der Waals surface area contributed by atoms with E-state index in [9.17, 15) is 4.79 Å². The summed E-state index contributed by atoms with van der Waals surface area (Å²) in [5.74, 6) is 0.932. The monoisotopic (exact) mass is 294 g/mol. The van der Waals surface area contributed by atoms with Crippen molar-refractivity contribution in [2.24, 2.45) is 28.4 Å². The molecule has 0 aromatic heterocycles. The van der Waals surface area contributed by atoms with Gasteiger partial charge in [0, 0.05) is 18.0 Å². The molecule has 2 rings (SSSR count). The van der Waals surface area contributed by atoms with Gasteiger partial charge in [0.15, 0.2) is 0 Å². The fraction of sp³-hybridized carbons (Fsp3) is 0.944. The van der Waals surface area contributed by atoms with Gasteiger partial charge in [0.25, 0.3) is 0 Å². The second kappa shape index (κ2) is 5.91. The van der Waals surface area contributed by atoms with Crippen LogP contribution in [0.25, 0.3) is 0 Å². The minimum Gasteiger partial charge on any atom is -0.353 e. The van der Waals surface area contributed by atoms with Crippen molar-refractivity contribution in [1.82, 2.24) is 5.32 Å². The van der Waals surface area contributed by atoms with Crippen molar-refractivity contribution in [2.45, 2.75) is 85.2 Å². The van der Waals surface area contributed by atoms with Crippen molar-refractivity contribution in [3.8, 4) is 0 Å². The van der Waals surface area contributed by atoms with Crippen LogP contribution in [0, 0.1) is 22.7 Å². The van der Waals surface area contributed by atoms with Crippen LogP contribution in [-0.2, 0) is 4.79 Å². The number of hydrogen-bond acceptors (Lipinski definition) is 2. The highest BCUT2D eigenvalue weighted by Gasteiger charge is 2.40. The molecule has 122 valence electrons. The summed E-state index contributed by atoms with van der Waals surface area (Å²) >= 11 is 0. The molecule has 3 heteroatoms. The van der Waals surface area contributed by atoms with E-state index in [2.05, 4.69) is 39.9 Å². The van der Waals surface area contributed by atoms with Crippen LogP contribution in [0.5, 0.6) is 0 Å². The first kappa shape index (κ1) is 16.8. The summed E-state index contributed by atoms with van der Waals surface area (Å²) in [5.41, 5.74) is 6.78. The summed E-state index contributed by atoms with van der Waals surface area (Å²) in [6.45, 7) is 11.5. The van der Waals surface area contributed by atoms with Crippen LogP contribution >= 0.6 is 0 Å². The maximum atomic E-state index is 12.6. The Labute approximate surface area is 130 Å². The Bertz CT molecular complexity index is 373. The average molecular weight is 294 g/mol. The molecule has 2 aliphatic rings. The molecular weight excluding hydrogens is 260 g/mol. The predicted molar refractivity (Wildman–Crippen MR) is 87.8 cm³/mol. The number of nitrogens with one attached hydrogen (secondary N) is 1. The number of amides is 1. The van der Waals surface area contributed by atoms with Crippen LogP contribution in [0.2, 0.25) is 0 Å². The van der Waals surface area contributed by atoms with Crippen molar-refractivity contribution in [2.75, 3.05) is 0 Å². The normalized spacial score (nSPS) is 36.2. The van der Waals surface area contributed by atoms with Gasteiger partial charge in [-0.2, -0.15) is 0 Å². The molecule has 2 fully saturated rings. The molecule has 0 spiro atoms. The maximum Gasteiger partial charge on any atom is 0.223 e. The summed E-state index contributed by atoms with van der Waals surface area (Å²) in [4.78, 5) is 12.6. The lowest BCUT2D eigenvalue weighted by Gasteiger charge is -2.45. The first-order valence-corrected chi connectivity index (χ1v) is 8.64. The standard InChI is InChI=1S/C18H34N2O/c1-12-6-7-13(8-15(12)19)16(21)20-14-9-17(2,3)11-18(4,5)10-14/h12-15H,6-11,19H2,1-5H3,(H,20,21). The summed E-state index contributed by atoms with van der Waals surface area (Å²) < 4.78 is 0. The summed E-state index contributed by atoms with van der Waals surface area (Å²) in [7, 11) is 0. The van der Waals surface area contributed by atoms with Gasteiger partial charge in [0.2, 0.25) is 5.91 Å². The smallest absolute Gasteiger partial charge is 0.223 e. The third kappa shape index (κ3) is 4.45. The first-order valence-electron chi connectivity index (χ1n) is 8.64. The molecule has 3 N–H and O–H groups in total. The highest BCUT2D eigenvalue weighted by Crippen LogP contribution is 2.45. The van der Waals surface area contributed by atoms with Crippen LogP contribution in [-0.4, -0.2) is 18.0 Å². The van der Waals surface area contributed by atoms with Crippen LogP contribution < -0.4 is 11.1 Å². The van der Waals surface area contributed by atoms with E-state index in [4.69, 9.17) is 5.73 Å². The van der Waals surface area contributed by atoms with E-state index in [-0.39, 0.29) is 17.9 Å². The highest BCUT2D eigenvalue weighted by atomic mass is 16.1. The zero-order valence-electron chi connectivity index (χ0n) is 14.5. The molecule has 0 heterocycles. The number of nitrogens with two attached hydrogens (primary N) is 1. The van der Waals surface area contributed by atoms with Gasteiger partial charge in [-0.3, -0.25) is 4.79 Å². The average Bonchev–Trinajstić information content (AvgIpc) is 2.28. The lowest BCUT2D eigenvalue weighted by Crippen LogP contribution is -2.49. The molecule has 3 nitrogen and oxygen atoms in total. The van der Waals surface area contributed by atoms with Crippen molar-refractivity contribution in [3.63, 3.8) is 0 Å². The highest BCUT2D eigenvalue weighted by molar-refractivity contribution is 5.79. The topological polar surface area (TPSA) is 55.1 Å². The zero-order chi connectivity index (χ0) is 15.8. The predicted octanol–water partition coefficient (Wildman–Crippen LogP) is 3.47. The first-order chi connectivity index (χ1) is 9.58. The molecule has 2 saturated carbocycles. The largest absolute Gasteiger partial charge is 0.353 e. The molecule has 0 aromatic carbocycles. The molecule has 0 bridgehead atoms. The molecular formula is C18H34N2O. The maximum absolute atomic E-state index is 12.6. The van der Waals surface area contributed by atoms with E-state index < -0.39 is 0 Å². The minimum atomic E-state index is 0.129. The van der Waals surface area contributed by atoms with Gasteiger partial charge in [-0.1, -0.05) is 34.6 Å². The molecule has 0 aliphatic heterocycles. The van der Waals surface area contributed by atoms with Crippen molar-refractivity contribution in [3.05, 3.63) is 0 Å². The van der Waals surface area contributed by atoms with E-state index >= 15 is 0 Å². The molecule has 1 amide bonds. The van der Waals surface area contributed by atoms with Crippen LogP contribution in [0.4, 0.5) is 0 Å². The Morgan fingerprint density at radius 2 is 1.67 bits per heavy atom. The Hall–Kier alpha value is -0.570. The lowest BCUT2D eigenvalue weighted by molar-refractivity contribution is -0.128. The Morgan fingerprint density at radius 1 is 1.10 bits per heavy atom. The van der Waals surface area contributed by atoms with Gasteiger partial charge in [0.05, 0.1) is 0 Å². The lowest BCUT2D eigenvalue weighted by atomic mass is 9.63. The fourth-order valence-corrected chi connectivity index (χ4v) is 4.86. The van der Waals surface area contributed by atoms with E-state index in [1.807, 2.05) is 0 Å². The van der Waals surface area contributed by atoms with Crippen molar-refractivity contribution in [1.29, 1.82) is 0 Å². The third-order valence-electron chi connectivity index (χ3n) is 5.53. The second-order valence-corrected chi connectivity index (χ2v) is 9.27. The molecule has 21 heavy (non-hydrogen) atoms. The van der Waals surface area contributed by atoms with E-state index in [0.29, 0.717) is 22.8 Å². The van der Waals surface area contributed by atoms with E-state index in [1.165, 1.54) is 6.42 Å². The van der Waals surface area contributed by atoms with E-state index in [0.717, 1.165) is 32.1 Å². The van der Waals surface area contributed by atoms with Crippen LogP contribution in [0.15, 0.2) is 0 Å². The van der Waals surface area contributed by atoms with Gasteiger partial charge < -0.3 is 11.1 Å². The summed E-state index contributed by atoms with van der Waals surface area (Å²) in [6.07, 6.45) is 6.36. The van der Waals surface area contributed by atoms with Gasteiger partial charge in [-0.05, 0) is 55.3 Å². The molecule has 2 aliphatic carbocycles. The number of hydrogen-bond donors (Lipinski definition) is 2. The number of rotatable bonds is 2. The Morgan fingerprint density at radius 3 is 2.19 bits per heavy atom. The van der Waals surface area contributed by atoms with E-state index in [1.54, 1.807) is 0 Å². The SMILES string of the molecule is CC1CCC(C(=O)NC2CC(C)(C)CC(C)(C)C2)CC1N. The third-order valence-corrected chi connectivity index (χ3v) is 5.53. The molecule has 0 radical (unpaired) electrons. The second-order valence-electron chi connectivity index (χ2n) is 9.27. The van der Waals surface area contributed by atoms with Gasteiger partial charge in [-0.25, -0.2) is 0 Å². The quantitative estimate of drug-likeness (QED) is 0.819. The number of carbonyl (C=O) groups is 1. The Balaban J connectivity index is 1.93. The fourth-order valence-electron chi connectivity index (χ4n) is 4.86. The van der Waals surface area contributed by atoms with Gasteiger partial charge in [0.1, 0.15) is 0 Å². The number of carbonyl (C=O) groups excluding carboxylic acids is 1. The van der Waals surface area contributed by atoms with Gasteiger partial charge in [-0.15, -0.1) is 0 Å². The molecule has 3 unspecified atom stereocenters. The van der Waals surface area contributed by atoms with Crippen LogP contribution in [0.1, 0.15) is 73.1 Å². The summed E-state index contributed by atoms with van der Waals surface area (Å²) in [6, 6.07) is 0.514. The van der Waals surface area contributed by atoms with Crippen molar-refractivity contribution < 1.29 is 4.79 Å². The molecule has 0 saturated heterocycles. The Kier molecular flexibility index (Phi) is 4.72.